The van der Waals surface area contributed by atoms with Crippen molar-refractivity contribution < 1.29 is 14.0 Å². The Morgan fingerprint density at radius 2 is 1.93 bits per heavy atom. The summed E-state index contributed by atoms with van der Waals surface area (Å²) in [6, 6.07) is 8.94. The predicted octanol–water partition coefficient (Wildman–Crippen LogP) is 3.85. The van der Waals surface area contributed by atoms with Crippen LogP contribution in [-0.4, -0.2) is 40.0 Å². The summed E-state index contributed by atoms with van der Waals surface area (Å²) in [5.74, 6) is 0.545. The average Bonchev–Trinajstić information content (AvgIpc) is 3.39. The van der Waals surface area contributed by atoms with Crippen LogP contribution in [0.4, 0.5) is 5.69 Å². The van der Waals surface area contributed by atoms with Gasteiger partial charge in [-0.25, -0.2) is 0 Å². The van der Waals surface area contributed by atoms with E-state index < -0.39 is 0 Å². The highest BCUT2D eigenvalue weighted by Crippen LogP contribution is 2.21. The largest absolute Gasteiger partial charge is 0.421 e. The fraction of sp³-hybridized carbons (Fsp3) is 0.300. The van der Waals surface area contributed by atoms with Crippen LogP contribution in [0.15, 0.2) is 45.5 Å². The maximum atomic E-state index is 12.6. The van der Waals surface area contributed by atoms with Crippen molar-refractivity contribution in [2.24, 2.45) is 0 Å². The van der Waals surface area contributed by atoms with Crippen LogP contribution in [0, 0.1) is 0 Å². The van der Waals surface area contributed by atoms with Crippen molar-refractivity contribution in [2.75, 3.05) is 18.4 Å². The number of hydrogen-bond acceptors (Lipinski definition) is 6. The van der Waals surface area contributed by atoms with Crippen molar-refractivity contribution in [1.29, 1.82) is 0 Å². The number of thiophene rings is 1. The number of para-hydroxylation sites is 1. The number of carbonyl (C=O) groups is 2. The Hall–Kier alpha value is -3.00. The molecule has 7 nitrogen and oxygen atoms in total. The molecule has 28 heavy (non-hydrogen) atoms. The van der Waals surface area contributed by atoms with Gasteiger partial charge in [0.1, 0.15) is 0 Å². The molecule has 1 aromatic carbocycles. The number of benzene rings is 1. The van der Waals surface area contributed by atoms with E-state index in [1.54, 1.807) is 40.5 Å². The number of aromatic nitrogens is 2. The SMILES string of the molecule is CCN(CC)C(=O)c1ccccc1NC(=O)CCc1nnc(-c2ccsc2)o1. The van der Waals surface area contributed by atoms with Gasteiger partial charge in [0.2, 0.25) is 17.7 Å². The van der Waals surface area contributed by atoms with Gasteiger partial charge < -0.3 is 14.6 Å². The summed E-state index contributed by atoms with van der Waals surface area (Å²) in [7, 11) is 0. The third-order valence-corrected chi connectivity index (χ3v) is 4.97. The zero-order valence-corrected chi connectivity index (χ0v) is 16.7. The second-order valence-corrected chi connectivity index (χ2v) is 6.86. The third kappa shape index (κ3) is 4.64. The molecule has 0 aliphatic rings. The van der Waals surface area contributed by atoms with E-state index in [9.17, 15) is 9.59 Å². The van der Waals surface area contributed by atoms with E-state index in [2.05, 4.69) is 15.5 Å². The molecule has 0 aliphatic carbocycles. The standard InChI is InChI=1S/C20H22N4O3S/c1-3-24(4-2)20(26)15-7-5-6-8-16(15)21-17(25)9-10-18-22-23-19(27-18)14-11-12-28-13-14/h5-8,11-13H,3-4,9-10H2,1-2H3,(H,21,25). The van der Waals surface area contributed by atoms with Crippen LogP contribution in [0.5, 0.6) is 0 Å². The van der Waals surface area contributed by atoms with Gasteiger partial charge in [0.15, 0.2) is 0 Å². The lowest BCUT2D eigenvalue weighted by molar-refractivity contribution is -0.116. The van der Waals surface area contributed by atoms with Crippen molar-refractivity contribution in [3.8, 4) is 11.5 Å². The van der Waals surface area contributed by atoms with E-state index in [0.29, 0.717) is 42.5 Å². The van der Waals surface area contributed by atoms with Crippen LogP contribution in [0.3, 0.4) is 0 Å². The summed E-state index contributed by atoms with van der Waals surface area (Å²) in [6.45, 7) is 5.08. The lowest BCUT2D eigenvalue weighted by Crippen LogP contribution is -2.31. The van der Waals surface area contributed by atoms with Gasteiger partial charge in [0, 0.05) is 36.9 Å². The smallest absolute Gasteiger partial charge is 0.255 e. The second-order valence-electron chi connectivity index (χ2n) is 6.08. The summed E-state index contributed by atoms with van der Waals surface area (Å²) in [5.41, 5.74) is 1.86. The first-order valence-corrected chi connectivity index (χ1v) is 10.1. The molecule has 0 unspecified atom stereocenters. The maximum absolute atomic E-state index is 12.6. The first kappa shape index (κ1) is 19.8. The Labute approximate surface area is 167 Å². The molecule has 0 bridgehead atoms. The molecule has 0 aliphatic heterocycles. The number of amides is 2. The molecule has 1 N–H and O–H groups in total. The average molecular weight is 398 g/mol. The van der Waals surface area contributed by atoms with E-state index in [0.717, 1.165) is 5.56 Å². The van der Waals surface area contributed by atoms with Gasteiger partial charge in [0.05, 0.1) is 11.3 Å². The Bertz CT molecular complexity index is 933. The fourth-order valence-corrected chi connectivity index (χ4v) is 3.38. The Balaban J connectivity index is 1.62. The topological polar surface area (TPSA) is 88.3 Å². The highest BCUT2D eigenvalue weighted by atomic mass is 32.1. The van der Waals surface area contributed by atoms with Crippen LogP contribution in [0.25, 0.3) is 11.5 Å². The minimum absolute atomic E-state index is 0.0989. The molecule has 0 atom stereocenters. The van der Waals surface area contributed by atoms with Crippen molar-refractivity contribution in [2.45, 2.75) is 26.7 Å². The molecule has 3 rings (SSSR count). The number of anilines is 1. The van der Waals surface area contributed by atoms with Crippen molar-refractivity contribution in [3.05, 3.63) is 52.5 Å². The molecular weight excluding hydrogens is 376 g/mol. The van der Waals surface area contributed by atoms with Gasteiger partial charge in [-0.05, 0) is 37.4 Å². The van der Waals surface area contributed by atoms with Gasteiger partial charge in [-0.15, -0.1) is 10.2 Å². The summed E-state index contributed by atoms with van der Waals surface area (Å²) in [4.78, 5) is 26.7. The number of hydrogen-bond donors (Lipinski definition) is 1. The maximum Gasteiger partial charge on any atom is 0.255 e. The van der Waals surface area contributed by atoms with Crippen LogP contribution < -0.4 is 5.32 Å². The van der Waals surface area contributed by atoms with Crippen LogP contribution in [0.1, 0.15) is 36.5 Å². The lowest BCUT2D eigenvalue weighted by Gasteiger charge is -2.20. The molecule has 0 fully saturated rings. The number of carbonyl (C=O) groups excluding carboxylic acids is 2. The van der Waals surface area contributed by atoms with E-state index in [1.165, 1.54) is 0 Å². The molecule has 2 amide bonds. The molecule has 146 valence electrons. The van der Waals surface area contributed by atoms with Crippen LogP contribution in [0.2, 0.25) is 0 Å². The number of nitrogens with zero attached hydrogens (tertiary/aromatic N) is 3. The minimum atomic E-state index is -0.213. The summed E-state index contributed by atoms with van der Waals surface area (Å²) in [5, 5.41) is 14.7. The molecule has 0 spiro atoms. The van der Waals surface area contributed by atoms with E-state index in [-0.39, 0.29) is 18.2 Å². The number of aryl methyl sites for hydroxylation is 1. The van der Waals surface area contributed by atoms with Gasteiger partial charge in [-0.3, -0.25) is 9.59 Å². The second kappa shape index (κ2) is 9.27. The summed E-state index contributed by atoms with van der Waals surface area (Å²) < 4.78 is 5.59. The summed E-state index contributed by atoms with van der Waals surface area (Å²) >= 11 is 1.55. The minimum Gasteiger partial charge on any atom is -0.421 e. The Morgan fingerprint density at radius 1 is 1.14 bits per heavy atom. The third-order valence-electron chi connectivity index (χ3n) is 4.28. The first-order valence-electron chi connectivity index (χ1n) is 9.15. The molecule has 0 saturated carbocycles. The molecule has 0 saturated heterocycles. The van der Waals surface area contributed by atoms with E-state index in [4.69, 9.17) is 4.42 Å². The van der Waals surface area contributed by atoms with Gasteiger partial charge in [-0.1, -0.05) is 12.1 Å². The van der Waals surface area contributed by atoms with E-state index >= 15 is 0 Å². The normalized spacial score (nSPS) is 10.6. The van der Waals surface area contributed by atoms with E-state index in [1.807, 2.05) is 30.7 Å². The molecule has 2 heterocycles. The molecule has 0 radical (unpaired) electrons. The fourth-order valence-electron chi connectivity index (χ4n) is 2.75. The quantitative estimate of drug-likeness (QED) is 0.623. The van der Waals surface area contributed by atoms with Crippen molar-refractivity contribution in [3.63, 3.8) is 0 Å². The summed E-state index contributed by atoms with van der Waals surface area (Å²) in [6.07, 6.45) is 0.508. The van der Waals surface area contributed by atoms with Gasteiger partial charge in [-0.2, -0.15) is 11.3 Å². The Kier molecular flexibility index (Phi) is 6.54. The molecule has 3 aromatic rings. The lowest BCUT2D eigenvalue weighted by atomic mass is 10.1. The first-order chi connectivity index (χ1) is 13.6. The zero-order valence-electron chi connectivity index (χ0n) is 15.8. The van der Waals surface area contributed by atoms with Gasteiger partial charge >= 0.3 is 0 Å². The number of nitrogens with one attached hydrogen (secondary N) is 1. The van der Waals surface area contributed by atoms with Crippen LogP contribution >= 0.6 is 11.3 Å². The van der Waals surface area contributed by atoms with Crippen LogP contribution in [-0.2, 0) is 11.2 Å². The predicted molar refractivity (Wildman–Crippen MR) is 108 cm³/mol. The molecular formula is C20H22N4O3S. The van der Waals surface area contributed by atoms with Crippen molar-refractivity contribution in [1.82, 2.24) is 15.1 Å². The van der Waals surface area contributed by atoms with Gasteiger partial charge in [0.25, 0.3) is 5.91 Å². The molecule has 8 heteroatoms. The number of rotatable bonds is 8. The highest BCUT2D eigenvalue weighted by Gasteiger charge is 2.18. The Morgan fingerprint density at radius 3 is 2.64 bits per heavy atom. The zero-order chi connectivity index (χ0) is 19.9. The van der Waals surface area contributed by atoms with Crippen molar-refractivity contribution >= 4 is 28.8 Å². The highest BCUT2D eigenvalue weighted by molar-refractivity contribution is 7.08. The monoisotopic (exact) mass is 398 g/mol. The molecule has 2 aromatic heterocycles.